The quantitative estimate of drug-likeness (QED) is 0.672. The first-order chi connectivity index (χ1) is 13.8. The van der Waals surface area contributed by atoms with Gasteiger partial charge < -0.3 is 14.8 Å². The fourth-order valence-electron chi connectivity index (χ4n) is 3.19. The second-order valence-corrected chi connectivity index (χ2v) is 9.06. The molecule has 0 fully saturated rings. The monoisotopic (exact) mass is 438 g/mol. The molecule has 1 atom stereocenters. The van der Waals surface area contributed by atoms with Crippen molar-refractivity contribution in [2.45, 2.75) is 18.9 Å². The summed E-state index contributed by atoms with van der Waals surface area (Å²) in [5, 5.41) is 3.21. The van der Waals surface area contributed by atoms with Crippen LogP contribution >= 0.6 is 11.6 Å². The van der Waals surface area contributed by atoms with Crippen molar-refractivity contribution in [1.29, 1.82) is 0 Å². The summed E-state index contributed by atoms with van der Waals surface area (Å²) in [5.74, 6) is 0.757. The number of hydrogen-bond acceptors (Lipinski definition) is 5. The van der Waals surface area contributed by atoms with Crippen LogP contribution in [0.1, 0.15) is 12.0 Å². The zero-order valence-corrected chi connectivity index (χ0v) is 17.8. The van der Waals surface area contributed by atoms with Crippen LogP contribution in [0.5, 0.6) is 11.5 Å². The molecule has 0 aliphatic carbocycles. The topological polar surface area (TPSA) is 84.9 Å². The van der Waals surface area contributed by atoms with Gasteiger partial charge in [-0.05, 0) is 42.7 Å². The number of aryl methyl sites for hydroxylation is 1. The number of amides is 1. The van der Waals surface area contributed by atoms with Gasteiger partial charge in [-0.15, -0.1) is 0 Å². The van der Waals surface area contributed by atoms with E-state index in [0.717, 1.165) is 28.3 Å². The van der Waals surface area contributed by atoms with Gasteiger partial charge in [0.2, 0.25) is 10.0 Å². The van der Waals surface area contributed by atoms with Gasteiger partial charge in [-0.2, -0.15) is 0 Å². The smallest absolute Gasteiger partial charge is 0.263 e. The molecule has 3 rings (SSSR count). The molecule has 9 heteroatoms. The third-order valence-electron chi connectivity index (χ3n) is 4.60. The first kappa shape index (κ1) is 21.3. The van der Waals surface area contributed by atoms with Gasteiger partial charge in [0.1, 0.15) is 11.5 Å². The average Bonchev–Trinajstić information content (AvgIpc) is 2.69. The molecule has 1 amide bonds. The number of benzene rings is 2. The fourth-order valence-corrected chi connectivity index (χ4v) is 4.26. The number of hydrogen-bond donors (Lipinski definition) is 1. The largest absolute Gasteiger partial charge is 0.496 e. The average molecular weight is 439 g/mol. The normalized spacial score (nSPS) is 16.0. The van der Waals surface area contributed by atoms with Crippen LogP contribution in [-0.4, -0.2) is 46.9 Å². The zero-order chi connectivity index (χ0) is 21.0. The lowest BCUT2D eigenvalue weighted by atomic mass is 10.1. The molecule has 2 aromatic rings. The van der Waals surface area contributed by atoms with Crippen LogP contribution in [0, 0.1) is 0 Å². The lowest BCUT2D eigenvalue weighted by Gasteiger charge is -2.34. The minimum Gasteiger partial charge on any atom is -0.496 e. The van der Waals surface area contributed by atoms with Crippen LogP contribution in [0.2, 0.25) is 5.02 Å². The standard InChI is InChI=1S/C20H23ClN2O5S/c1-27-17-8-4-3-6-14(17)7-5-11-22-20(24)19-13-23(29(2,25)26)16-12-15(21)9-10-18(16)28-19/h3-4,6,8-10,12,19H,5,7,11,13H2,1-2H3,(H,22,24)/t19-/m1/s1. The minimum atomic E-state index is -3.59. The van der Waals surface area contributed by atoms with E-state index in [2.05, 4.69) is 5.32 Å². The Bertz CT molecular complexity index is 996. The number of para-hydroxylation sites is 1. The van der Waals surface area contributed by atoms with E-state index in [0.29, 0.717) is 29.4 Å². The summed E-state index contributed by atoms with van der Waals surface area (Å²) in [4.78, 5) is 12.6. The molecule has 1 N–H and O–H groups in total. The molecular weight excluding hydrogens is 416 g/mol. The molecule has 2 aromatic carbocycles. The van der Waals surface area contributed by atoms with Crippen molar-refractivity contribution in [2.75, 3.05) is 30.8 Å². The van der Waals surface area contributed by atoms with E-state index >= 15 is 0 Å². The van der Waals surface area contributed by atoms with Crippen molar-refractivity contribution in [2.24, 2.45) is 0 Å². The highest BCUT2D eigenvalue weighted by molar-refractivity contribution is 7.92. The number of nitrogens with one attached hydrogen (secondary N) is 1. The van der Waals surface area contributed by atoms with Crippen molar-refractivity contribution in [3.05, 3.63) is 53.1 Å². The maximum Gasteiger partial charge on any atom is 0.263 e. The predicted molar refractivity (Wildman–Crippen MR) is 112 cm³/mol. The summed E-state index contributed by atoms with van der Waals surface area (Å²) < 4.78 is 36.6. The number of sulfonamides is 1. The van der Waals surface area contributed by atoms with E-state index in [1.54, 1.807) is 19.2 Å². The van der Waals surface area contributed by atoms with Gasteiger partial charge in [0.25, 0.3) is 5.91 Å². The number of ether oxygens (including phenoxy) is 2. The van der Waals surface area contributed by atoms with Crippen LogP contribution in [-0.2, 0) is 21.2 Å². The van der Waals surface area contributed by atoms with Crippen molar-refractivity contribution < 1.29 is 22.7 Å². The maximum absolute atomic E-state index is 12.6. The van der Waals surface area contributed by atoms with E-state index in [1.165, 1.54) is 6.07 Å². The third-order valence-corrected chi connectivity index (χ3v) is 5.98. The predicted octanol–water partition coefficient (Wildman–Crippen LogP) is 2.62. The van der Waals surface area contributed by atoms with Crippen LogP contribution in [0.3, 0.4) is 0 Å². The van der Waals surface area contributed by atoms with Crippen molar-refractivity contribution in [3.63, 3.8) is 0 Å². The number of rotatable bonds is 7. The number of anilines is 1. The molecule has 0 bridgehead atoms. The molecule has 0 saturated heterocycles. The summed E-state index contributed by atoms with van der Waals surface area (Å²) in [6.45, 7) is 0.327. The van der Waals surface area contributed by atoms with Gasteiger partial charge >= 0.3 is 0 Å². The number of methoxy groups -OCH3 is 1. The molecule has 0 spiro atoms. The van der Waals surface area contributed by atoms with E-state index < -0.39 is 16.1 Å². The van der Waals surface area contributed by atoms with Crippen LogP contribution in [0.25, 0.3) is 0 Å². The molecule has 0 radical (unpaired) electrons. The first-order valence-corrected chi connectivity index (χ1v) is 11.4. The van der Waals surface area contributed by atoms with Gasteiger partial charge in [-0.1, -0.05) is 29.8 Å². The lowest BCUT2D eigenvalue weighted by Crippen LogP contribution is -2.50. The summed E-state index contributed by atoms with van der Waals surface area (Å²) in [6, 6.07) is 12.4. The van der Waals surface area contributed by atoms with Crippen LogP contribution in [0.15, 0.2) is 42.5 Å². The summed E-state index contributed by atoms with van der Waals surface area (Å²) in [6.07, 6.45) is 1.60. The van der Waals surface area contributed by atoms with Crippen molar-refractivity contribution in [3.8, 4) is 11.5 Å². The molecule has 1 aliphatic heterocycles. The van der Waals surface area contributed by atoms with Crippen molar-refractivity contribution >= 4 is 33.2 Å². The third kappa shape index (κ3) is 5.13. The molecule has 1 heterocycles. The fraction of sp³-hybridized carbons (Fsp3) is 0.350. The van der Waals surface area contributed by atoms with Gasteiger partial charge in [0, 0.05) is 11.6 Å². The Morgan fingerprint density at radius 2 is 2.07 bits per heavy atom. The van der Waals surface area contributed by atoms with E-state index in [9.17, 15) is 13.2 Å². The first-order valence-electron chi connectivity index (χ1n) is 9.13. The minimum absolute atomic E-state index is 0.107. The Hall–Kier alpha value is -2.45. The molecule has 156 valence electrons. The molecule has 1 aliphatic rings. The number of fused-ring (bicyclic) bond motifs is 1. The van der Waals surface area contributed by atoms with Gasteiger partial charge in [0.05, 0.1) is 25.6 Å². The Kier molecular flexibility index (Phi) is 6.54. The highest BCUT2D eigenvalue weighted by atomic mass is 35.5. The SMILES string of the molecule is COc1ccccc1CCCNC(=O)[C@H]1CN(S(C)(=O)=O)c2cc(Cl)ccc2O1. The molecular formula is C20H23ClN2O5S. The molecule has 0 saturated carbocycles. The highest BCUT2D eigenvalue weighted by Gasteiger charge is 2.35. The maximum atomic E-state index is 12.6. The summed E-state index contributed by atoms with van der Waals surface area (Å²) in [7, 11) is -1.97. The van der Waals surface area contributed by atoms with E-state index in [4.69, 9.17) is 21.1 Å². The number of carbonyl (C=O) groups excluding carboxylic acids is 1. The number of nitrogens with zero attached hydrogens (tertiary/aromatic N) is 1. The van der Waals surface area contributed by atoms with Gasteiger partial charge in [0.15, 0.2) is 6.10 Å². The van der Waals surface area contributed by atoms with Gasteiger partial charge in [-0.3, -0.25) is 9.10 Å². The molecule has 29 heavy (non-hydrogen) atoms. The zero-order valence-electron chi connectivity index (χ0n) is 16.2. The Labute approximate surface area is 175 Å². The molecule has 0 unspecified atom stereocenters. The number of halogens is 1. The van der Waals surface area contributed by atoms with Crippen LogP contribution in [0.4, 0.5) is 5.69 Å². The summed E-state index contributed by atoms with van der Waals surface area (Å²) >= 11 is 5.98. The van der Waals surface area contributed by atoms with E-state index in [-0.39, 0.29) is 12.5 Å². The Morgan fingerprint density at radius 1 is 1.31 bits per heavy atom. The second-order valence-electron chi connectivity index (χ2n) is 6.72. The molecule has 0 aromatic heterocycles. The Balaban J connectivity index is 1.62. The van der Waals surface area contributed by atoms with E-state index in [1.807, 2.05) is 24.3 Å². The Morgan fingerprint density at radius 3 is 2.79 bits per heavy atom. The lowest BCUT2D eigenvalue weighted by molar-refractivity contribution is -0.127. The number of carbonyl (C=O) groups is 1. The summed E-state index contributed by atoms with van der Waals surface area (Å²) in [5.41, 5.74) is 1.40. The second kappa shape index (κ2) is 8.92. The van der Waals surface area contributed by atoms with Crippen LogP contribution < -0.4 is 19.1 Å². The molecule has 7 nitrogen and oxygen atoms in total. The van der Waals surface area contributed by atoms with Gasteiger partial charge in [-0.25, -0.2) is 8.42 Å². The van der Waals surface area contributed by atoms with Crippen molar-refractivity contribution in [1.82, 2.24) is 5.32 Å². The highest BCUT2D eigenvalue weighted by Crippen LogP contribution is 2.37.